The molecule has 0 unspecified atom stereocenters. The molecule has 0 fully saturated rings. The Bertz CT molecular complexity index is 4210. The molecular formula is C66H46N2O2Si. The molecule has 0 saturated heterocycles. The maximum absolute atomic E-state index is 6.70. The van der Waals surface area contributed by atoms with Crippen molar-refractivity contribution in [3.05, 3.63) is 243 Å². The minimum atomic E-state index is -2.26. The lowest BCUT2D eigenvalue weighted by Gasteiger charge is -2.35. The quantitative estimate of drug-likeness (QED) is 0.142. The fraction of sp³-hybridized carbons (Fsp3) is 0.0303. The molecule has 11 aromatic carbocycles. The zero-order chi connectivity index (χ0) is 47.2. The van der Waals surface area contributed by atoms with Crippen LogP contribution in [0.4, 0.5) is 34.1 Å². The molecular weight excluding hydrogens is 881 g/mol. The number of anilines is 6. The largest absolute Gasteiger partial charge is 0.454 e. The van der Waals surface area contributed by atoms with E-state index >= 15 is 0 Å². The molecule has 5 heteroatoms. The molecule has 336 valence electrons. The van der Waals surface area contributed by atoms with Gasteiger partial charge < -0.3 is 18.6 Å². The topological polar surface area (TPSA) is 32.8 Å². The van der Waals surface area contributed by atoms with Crippen molar-refractivity contribution in [2.45, 2.75) is 13.1 Å². The molecule has 0 N–H and O–H groups in total. The van der Waals surface area contributed by atoms with Crippen molar-refractivity contribution in [3.8, 4) is 33.4 Å². The van der Waals surface area contributed by atoms with E-state index in [4.69, 9.17) is 8.83 Å². The summed E-state index contributed by atoms with van der Waals surface area (Å²) in [5.74, 6) is 0. The molecule has 13 aromatic rings. The van der Waals surface area contributed by atoms with Gasteiger partial charge in [0.25, 0.3) is 0 Å². The first-order valence-corrected chi connectivity index (χ1v) is 27.4. The van der Waals surface area contributed by atoms with E-state index in [1.165, 1.54) is 43.4 Å². The van der Waals surface area contributed by atoms with E-state index in [1.807, 2.05) is 12.1 Å². The third kappa shape index (κ3) is 6.43. The summed E-state index contributed by atoms with van der Waals surface area (Å²) in [7, 11) is -2.26. The Morgan fingerprint density at radius 3 is 1.51 bits per heavy atom. The summed E-state index contributed by atoms with van der Waals surface area (Å²) < 4.78 is 13.4. The number of para-hydroxylation sites is 6. The highest BCUT2D eigenvalue weighted by atomic mass is 28.3. The van der Waals surface area contributed by atoms with Crippen molar-refractivity contribution in [1.29, 1.82) is 0 Å². The number of furan rings is 2. The summed E-state index contributed by atoms with van der Waals surface area (Å²) in [4.78, 5) is 4.75. The molecule has 0 aliphatic carbocycles. The van der Waals surface area contributed by atoms with Crippen molar-refractivity contribution < 1.29 is 8.83 Å². The van der Waals surface area contributed by atoms with E-state index in [9.17, 15) is 0 Å². The molecule has 0 amide bonds. The monoisotopic (exact) mass is 926 g/mol. The van der Waals surface area contributed by atoms with Crippen molar-refractivity contribution in [2.75, 3.05) is 9.80 Å². The van der Waals surface area contributed by atoms with Gasteiger partial charge in [0.05, 0.1) is 22.7 Å². The van der Waals surface area contributed by atoms with Crippen LogP contribution in [0.3, 0.4) is 0 Å². The molecule has 2 aromatic heterocycles. The van der Waals surface area contributed by atoms with Gasteiger partial charge in [-0.3, -0.25) is 0 Å². The van der Waals surface area contributed by atoms with Crippen molar-refractivity contribution >= 4 is 107 Å². The first-order valence-electron chi connectivity index (χ1n) is 24.4. The third-order valence-corrected chi connectivity index (χ3v) is 18.4. The summed E-state index contributed by atoms with van der Waals surface area (Å²) in [5.41, 5.74) is 17.2. The molecule has 0 saturated carbocycles. The Hall–Kier alpha value is -8.90. The first kappa shape index (κ1) is 41.1. The average Bonchev–Trinajstić information content (AvgIpc) is 4.01. The lowest BCUT2D eigenvalue weighted by atomic mass is 9.93. The molecule has 1 aliphatic rings. The smallest absolute Gasteiger partial charge is 0.159 e. The molecule has 0 atom stereocenters. The van der Waals surface area contributed by atoms with Gasteiger partial charge in [-0.25, -0.2) is 0 Å². The maximum atomic E-state index is 6.70. The van der Waals surface area contributed by atoms with E-state index in [2.05, 4.69) is 253 Å². The standard InChI is InChI=1S/C66H46N2O2Si/c1-71(2)62-33-17-27-55-57(67(46-20-7-4-8-21-46)58-29-15-25-53-49-23-10-13-31-60(49)69-65(53)58)41-40-52(64(55)62)51-39-36-45(42-63(51)71)43-34-37-47(38-35-43)68(56-28-12-9-22-48(56)44-18-5-3-6-19-44)59-30-16-26-54-50-24-11-14-32-61(50)70-66(54)59/h3-42H,1-2H3. The molecule has 0 spiro atoms. The van der Waals surface area contributed by atoms with Crippen LogP contribution in [0.2, 0.25) is 13.1 Å². The maximum Gasteiger partial charge on any atom is 0.159 e. The number of fused-ring (bicyclic) bond motifs is 8. The van der Waals surface area contributed by atoms with Gasteiger partial charge in [-0.1, -0.05) is 195 Å². The highest BCUT2D eigenvalue weighted by Crippen LogP contribution is 2.48. The van der Waals surface area contributed by atoms with Gasteiger partial charge in [0.15, 0.2) is 11.2 Å². The number of rotatable bonds is 8. The lowest BCUT2D eigenvalue weighted by Crippen LogP contribution is -2.55. The van der Waals surface area contributed by atoms with Crippen LogP contribution in [0.15, 0.2) is 251 Å². The van der Waals surface area contributed by atoms with E-state index in [0.717, 1.165) is 89.1 Å². The Morgan fingerprint density at radius 2 is 0.817 bits per heavy atom. The highest BCUT2D eigenvalue weighted by molar-refractivity contribution is 7.03. The molecule has 4 nitrogen and oxygen atoms in total. The van der Waals surface area contributed by atoms with Crippen LogP contribution in [0.5, 0.6) is 0 Å². The summed E-state index contributed by atoms with van der Waals surface area (Å²) >= 11 is 0. The Morgan fingerprint density at radius 1 is 0.310 bits per heavy atom. The Labute approximate surface area is 412 Å². The highest BCUT2D eigenvalue weighted by Gasteiger charge is 2.37. The van der Waals surface area contributed by atoms with E-state index in [0.29, 0.717) is 0 Å². The Balaban J connectivity index is 0.886. The third-order valence-electron chi connectivity index (χ3n) is 14.9. The van der Waals surface area contributed by atoms with Crippen molar-refractivity contribution in [2.24, 2.45) is 0 Å². The van der Waals surface area contributed by atoms with Crippen LogP contribution >= 0.6 is 0 Å². The van der Waals surface area contributed by atoms with E-state index in [1.54, 1.807) is 0 Å². The van der Waals surface area contributed by atoms with Crippen LogP contribution in [-0.2, 0) is 0 Å². The van der Waals surface area contributed by atoms with Gasteiger partial charge in [0.2, 0.25) is 0 Å². The Kier molecular flexibility index (Phi) is 9.32. The fourth-order valence-electron chi connectivity index (χ4n) is 11.5. The zero-order valence-corrected chi connectivity index (χ0v) is 40.3. The second-order valence-electron chi connectivity index (χ2n) is 19.2. The number of benzene rings is 11. The predicted molar refractivity (Wildman–Crippen MR) is 301 cm³/mol. The normalized spacial score (nSPS) is 12.8. The summed E-state index contributed by atoms with van der Waals surface area (Å²) in [6, 6.07) is 87.7. The number of hydrogen-bond donors (Lipinski definition) is 0. The van der Waals surface area contributed by atoms with Gasteiger partial charge >= 0.3 is 0 Å². The van der Waals surface area contributed by atoms with Gasteiger partial charge in [0, 0.05) is 43.9 Å². The number of nitrogens with zero attached hydrogens (tertiary/aromatic N) is 2. The van der Waals surface area contributed by atoms with Gasteiger partial charge in [-0.15, -0.1) is 0 Å². The minimum absolute atomic E-state index is 0.862. The van der Waals surface area contributed by atoms with Crippen molar-refractivity contribution in [1.82, 2.24) is 0 Å². The molecule has 71 heavy (non-hydrogen) atoms. The van der Waals surface area contributed by atoms with Gasteiger partial charge in [-0.2, -0.15) is 0 Å². The zero-order valence-electron chi connectivity index (χ0n) is 39.3. The second-order valence-corrected chi connectivity index (χ2v) is 23.5. The molecule has 0 radical (unpaired) electrons. The van der Waals surface area contributed by atoms with Gasteiger partial charge in [0.1, 0.15) is 19.2 Å². The van der Waals surface area contributed by atoms with E-state index < -0.39 is 8.07 Å². The first-order chi connectivity index (χ1) is 35.0. The van der Waals surface area contributed by atoms with Crippen LogP contribution in [0.25, 0.3) is 88.0 Å². The van der Waals surface area contributed by atoms with E-state index in [-0.39, 0.29) is 0 Å². The van der Waals surface area contributed by atoms with Crippen LogP contribution in [0, 0.1) is 0 Å². The molecule has 14 rings (SSSR count). The molecule has 0 bridgehead atoms. The van der Waals surface area contributed by atoms with Crippen molar-refractivity contribution in [3.63, 3.8) is 0 Å². The summed E-state index contributed by atoms with van der Waals surface area (Å²) in [6.07, 6.45) is 0. The fourth-order valence-corrected chi connectivity index (χ4v) is 14.6. The minimum Gasteiger partial charge on any atom is -0.454 e. The molecule has 3 heterocycles. The van der Waals surface area contributed by atoms with Crippen LogP contribution < -0.4 is 20.2 Å². The second kappa shape index (κ2) is 16.1. The number of hydrogen-bond acceptors (Lipinski definition) is 4. The van der Waals surface area contributed by atoms with Gasteiger partial charge in [-0.05, 0) is 104 Å². The predicted octanol–water partition coefficient (Wildman–Crippen LogP) is 17.7. The molecule has 1 aliphatic heterocycles. The summed E-state index contributed by atoms with van der Waals surface area (Å²) in [6.45, 7) is 5.04. The average molecular weight is 927 g/mol. The van der Waals surface area contributed by atoms with Crippen LogP contribution in [0.1, 0.15) is 0 Å². The summed E-state index contributed by atoms with van der Waals surface area (Å²) in [5, 5.41) is 9.93. The lowest BCUT2D eigenvalue weighted by molar-refractivity contribution is 0.668. The SMILES string of the molecule is C[Si]1(C)c2cc(-c3ccc(N(c4ccccc4-c4ccccc4)c4cccc5c4oc4ccccc45)cc3)ccc2-c2ccc(N(c3ccccc3)c3cccc4c3oc3ccccc34)c3cccc1c23. The van der Waals surface area contributed by atoms with Crippen LogP contribution in [-0.4, -0.2) is 8.07 Å².